The van der Waals surface area contributed by atoms with Crippen LogP contribution >= 0.6 is 0 Å². The van der Waals surface area contributed by atoms with Crippen molar-refractivity contribution in [1.29, 1.82) is 0 Å². The van der Waals surface area contributed by atoms with Gasteiger partial charge in [-0.2, -0.15) is 0 Å². The van der Waals surface area contributed by atoms with Crippen LogP contribution in [0.2, 0.25) is 0 Å². The summed E-state index contributed by atoms with van der Waals surface area (Å²) in [5.74, 6) is 0.875. The number of benzene rings is 1. The quantitative estimate of drug-likeness (QED) is 0.752. The van der Waals surface area contributed by atoms with Crippen molar-refractivity contribution in [2.45, 2.75) is 13.0 Å². The molecule has 1 aromatic heterocycles. The first-order valence-electron chi connectivity index (χ1n) is 6.85. The lowest BCUT2D eigenvalue weighted by Gasteiger charge is -2.11. The molecule has 0 aliphatic heterocycles. The highest BCUT2D eigenvalue weighted by Crippen LogP contribution is 2.17. The van der Waals surface area contributed by atoms with E-state index in [0.29, 0.717) is 0 Å². The third-order valence-corrected chi connectivity index (χ3v) is 3.19. The average molecular weight is 274 g/mol. The number of hydrogen-bond donors (Lipinski definition) is 1. The maximum absolute atomic E-state index is 5.19. The van der Waals surface area contributed by atoms with E-state index in [0.717, 1.165) is 37.6 Å². The summed E-state index contributed by atoms with van der Waals surface area (Å²) in [6, 6.07) is 12.3. The molecule has 0 atom stereocenters. The van der Waals surface area contributed by atoms with Gasteiger partial charge in [0.05, 0.1) is 7.11 Å². The second kappa shape index (κ2) is 7.72. The predicted molar refractivity (Wildman–Crippen MR) is 80.5 cm³/mol. The van der Waals surface area contributed by atoms with Gasteiger partial charge in [-0.25, -0.2) is 0 Å². The fourth-order valence-electron chi connectivity index (χ4n) is 2.11. The smallest absolute Gasteiger partial charge is 0.119 e. The summed E-state index contributed by atoms with van der Waals surface area (Å²) in [7, 11) is 3.41. The van der Waals surface area contributed by atoms with Crippen LogP contribution in [0, 0.1) is 0 Å². The van der Waals surface area contributed by atoms with Gasteiger partial charge in [0.2, 0.25) is 0 Å². The second-order valence-electron chi connectivity index (χ2n) is 4.59. The molecule has 1 aromatic carbocycles. The molecule has 0 amide bonds. The Morgan fingerprint density at radius 1 is 1.10 bits per heavy atom. The van der Waals surface area contributed by atoms with Gasteiger partial charge in [0.25, 0.3) is 0 Å². The summed E-state index contributed by atoms with van der Waals surface area (Å²) >= 11 is 0. The zero-order chi connectivity index (χ0) is 14.2. The molecule has 4 heteroatoms. The molecule has 0 fully saturated rings. The molecule has 0 saturated carbocycles. The molecule has 1 heterocycles. The Morgan fingerprint density at radius 2 is 1.90 bits per heavy atom. The van der Waals surface area contributed by atoms with Gasteiger partial charge >= 0.3 is 0 Å². The number of ether oxygens (including phenoxy) is 2. The minimum atomic E-state index is 0.798. The maximum atomic E-state index is 5.19. The van der Waals surface area contributed by atoms with Crippen LogP contribution in [-0.4, -0.2) is 31.9 Å². The molecule has 20 heavy (non-hydrogen) atoms. The molecule has 0 radical (unpaired) electrons. The lowest BCUT2D eigenvalue weighted by molar-refractivity contribution is 0.194. The van der Waals surface area contributed by atoms with Crippen molar-refractivity contribution in [2.75, 3.05) is 27.4 Å². The highest BCUT2D eigenvalue weighted by molar-refractivity contribution is 5.39. The van der Waals surface area contributed by atoms with Gasteiger partial charge in [-0.1, -0.05) is 0 Å². The first-order chi connectivity index (χ1) is 9.85. The Balaban J connectivity index is 1.96. The number of methoxy groups -OCH3 is 2. The van der Waals surface area contributed by atoms with Crippen molar-refractivity contribution < 1.29 is 9.47 Å². The largest absolute Gasteiger partial charge is 0.497 e. The van der Waals surface area contributed by atoms with Gasteiger partial charge in [0.1, 0.15) is 5.75 Å². The molecule has 2 rings (SSSR count). The molecule has 0 aliphatic carbocycles. The number of nitrogens with zero attached hydrogens (tertiary/aromatic N) is 1. The topological polar surface area (TPSA) is 35.4 Å². The molecular formula is C16H22N2O2. The van der Waals surface area contributed by atoms with E-state index >= 15 is 0 Å². The van der Waals surface area contributed by atoms with Crippen LogP contribution in [0.5, 0.6) is 5.75 Å². The van der Waals surface area contributed by atoms with Crippen LogP contribution < -0.4 is 10.1 Å². The maximum Gasteiger partial charge on any atom is 0.119 e. The second-order valence-corrected chi connectivity index (χ2v) is 4.59. The Hall–Kier alpha value is -1.78. The normalized spacial score (nSPS) is 10.7. The standard InChI is InChI=1S/C16H22N2O2/c1-19-12-4-10-17-13-15-5-3-11-18(15)14-6-8-16(20-2)9-7-14/h3,5-9,11,17H,4,10,12-13H2,1-2H3. The molecule has 0 aliphatic rings. The van der Waals surface area contributed by atoms with Gasteiger partial charge in [-0.3, -0.25) is 0 Å². The number of rotatable bonds is 8. The molecule has 4 nitrogen and oxygen atoms in total. The van der Waals surface area contributed by atoms with E-state index in [2.05, 4.69) is 40.3 Å². The molecule has 2 aromatic rings. The van der Waals surface area contributed by atoms with Gasteiger partial charge in [0, 0.05) is 37.8 Å². The Morgan fingerprint density at radius 3 is 2.60 bits per heavy atom. The molecule has 0 bridgehead atoms. The fourth-order valence-corrected chi connectivity index (χ4v) is 2.11. The minimum absolute atomic E-state index is 0.798. The van der Waals surface area contributed by atoms with Gasteiger partial charge in [-0.15, -0.1) is 0 Å². The summed E-state index contributed by atoms with van der Waals surface area (Å²) in [4.78, 5) is 0. The van der Waals surface area contributed by atoms with Gasteiger partial charge in [-0.05, 0) is 49.4 Å². The average Bonchev–Trinajstić information content (AvgIpc) is 2.95. The fraction of sp³-hybridized carbons (Fsp3) is 0.375. The van der Waals surface area contributed by atoms with Gasteiger partial charge < -0.3 is 19.4 Å². The zero-order valence-corrected chi connectivity index (χ0v) is 12.1. The number of aromatic nitrogens is 1. The van der Waals surface area contributed by atoms with Crippen LogP contribution in [0.15, 0.2) is 42.6 Å². The SMILES string of the molecule is COCCCNCc1cccn1-c1ccc(OC)cc1. The molecule has 0 unspecified atom stereocenters. The van der Waals surface area contributed by atoms with E-state index in [1.165, 1.54) is 5.69 Å². The number of hydrogen-bond acceptors (Lipinski definition) is 3. The van der Waals surface area contributed by atoms with E-state index < -0.39 is 0 Å². The highest BCUT2D eigenvalue weighted by Gasteiger charge is 2.03. The monoisotopic (exact) mass is 274 g/mol. The van der Waals surface area contributed by atoms with Crippen molar-refractivity contribution >= 4 is 0 Å². The molecule has 0 saturated heterocycles. The molecular weight excluding hydrogens is 252 g/mol. The number of nitrogens with one attached hydrogen (secondary N) is 1. The lowest BCUT2D eigenvalue weighted by atomic mass is 10.3. The van der Waals surface area contributed by atoms with Crippen molar-refractivity contribution in [1.82, 2.24) is 9.88 Å². The Bertz CT molecular complexity index is 505. The van der Waals surface area contributed by atoms with E-state index in [4.69, 9.17) is 9.47 Å². The first-order valence-corrected chi connectivity index (χ1v) is 6.85. The van der Waals surface area contributed by atoms with Crippen LogP contribution in [0.25, 0.3) is 5.69 Å². The molecule has 0 spiro atoms. The minimum Gasteiger partial charge on any atom is -0.497 e. The van der Waals surface area contributed by atoms with E-state index in [1.54, 1.807) is 14.2 Å². The van der Waals surface area contributed by atoms with Gasteiger partial charge in [0.15, 0.2) is 0 Å². The molecule has 1 N–H and O–H groups in total. The summed E-state index contributed by atoms with van der Waals surface area (Å²) in [6.45, 7) is 2.61. The third-order valence-electron chi connectivity index (χ3n) is 3.19. The summed E-state index contributed by atoms with van der Waals surface area (Å²) in [5.41, 5.74) is 2.39. The van der Waals surface area contributed by atoms with E-state index in [-0.39, 0.29) is 0 Å². The molecule has 108 valence electrons. The van der Waals surface area contributed by atoms with Crippen LogP contribution in [0.3, 0.4) is 0 Å². The first kappa shape index (κ1) is 14.6. The van der Waals surface area contributed by atoms with Crippen LogP contribution in [-0.2, 0) is 11.3 Å². The predicted octanol–water partition coefficient (Wildman–Crippen LogP) is 2.61. The Kier molecular flexibility index (Phi) is 5.65. The zero-order valence-electron chi connectivity index (χ0n) is 12.1. The van der Waals surface area contributed by atoms with Crippen molar-refractivity contribution in [3.05, 3.63) is 48.3 Å². The summed E-state index contributed by atoms with van der Waals surface area (Å²) in [5, 5.41) is 3.43. The van der Waals surface area contributed by atoms with E-state index in [9.17, 15) is 0 Å². The van der Waals surface area contributed by atoms with Crippen molar-refractivity contribution in [2.24, 2.45) is 0 Å². The van der Waals surface area contributed by atoms with Crippen LogP contribution in [0.4, 0.5) is 0 Å². The summed E-state index contributed by atoms with van der Waals surface area (Å²) < 4.78 is 12.4. The van der Waals surface area contributed by atoms with Crippen molar-refractivity contribution in [3.63, 3.8) is 0 Å². The summed E-state index contributed by atoms with van der Waals surface area (Å²) in [6.07, 6.45) is 3.10. The third kappa shape index (κ3) is 3.85. The van der Waals surface area contributed by atoms with Crippen molar-refractivity contribution in [3.8, 4) is 11.4 Å². The highest BCUT2D eigenvalue weighted by atomic mass is 16.5. The van der Waals surface area contributed by atoms with Crippen LogP contribution in [0.1, 0.15) is 12.1 Å². The van der Waals surface area contributed by atoms with E-state index in [1.807, 2.05) is 12.1 Å². The Labute approximate surface area is 120 Å². The lowest BCUT2D eigenvalue weighted by Crippen LogP contribution is -2.18.